The van der Waals surface area contributed by atoms with Gasteiger partial charge in [-0.3, -0.25) is 0 Å². The van der Waals surface area contributed by atoms with Gasteiger partial charge >= 0.3 is 0 Å². The van der Waals surface area contributed by atoms with E-state index in [1.165, 1.54) is 29.7 Å². The van der Waals surface area contributed by atoms with Gasteiger partial charge in [-0.2, -0.15) is 0 Å². The van der Waals surface area contributed by atoms with Gasteiger partial charge in [0.2, 0.25) is 0 Å². The molecule has 0 heterocycles. The molecule has 1 fully saturated rings. The highest BCUT2D eigenvalue weighted by atomic mass is 32.2. The van der Waals surface area contributed by atoms with Crippen LogP contribution in [0.2, 0.25) is 0 Å². The molecule has 1 aromatic rings. The third kappa shape index (κ3) is 3.76. The van der Waals surface area contributed by atoms with E-state index in [1.807, 2.05) is 0 Å². The van der Waals surface area contributed by atoms with Crippen LogP contribution in [0.25, 0.3) is 0 Å². The van der Waals surface area contributed by atoms with Gasteiger partial charge in [0.05, 0.1) is 0 Å². The maximum absolute atomic E-state index is 3.53. The molecular formula is C17H27NS. The molecular weight excluding hydrogens is 250 g/mol. The van der Waals surface area contributed by atoms with Crippen molar-refractivity contribution in [3.05, 3.63) is 29.8 Å². The van der Waals surface area contributed by atoms with Crippen LogP contribution in [0, 0.1) is 18.8 Å². The number of rotatable bonds is 4. The lowest BCUT2D eigenvalue weighted by Crippen LogP contribution is -2.41. The Morgan fingerprint density at radius 2 is 1.95 bits per heavy atom. The maximum Gasteiger partial charge on any atom is 0.0251 e. The fraction of sp³-hybridized carbons (Fsp3) is 0.647. The summed E-state index contributed by atoms with van der Waals surface area (Å²) in [7, 11) is 2.12. The Labute approximate surface area is 122 Å². The monoisotopic (exact) mass is 277 g/mol. The van der Waals surface area contributed by atoms with E-state index in [0.717, 1.165) is 11.8 Å². The molecule has 1 aliphatic carbocycles. The first-order valence-electron chi connectivity index (χ1n) is 7.51. The standard InChI is InChI=1S/C17H27NS/c1-12(2)14-9-10-15(18-4)17(11-14)19-16-8-6-5-7-13(16)3/h5-8,12,14-15,17-18H,9-11H2,1-4H3. The van der Waals surface area contributed by atoms with Crippen molar-refractivity contribution >= 4 is 11.8 Å². The summed E-state index contributed by atoms with van der Waals surface area (Å²) >= 11 is 2.08. The van der Waals surface area contributed by atoms with Gasteiger partial charge in [-0.05, 0) is 56.7 Å². The van der Waals surface area contributed by atoms with E-state index in [4.69, 9.17) is 0 Å². The van der Waals surface area contributed by atoms with E-state index in [-0.39, 0.29) is 0 Å². The van der Waals surface area contributed by atoms with Crippen molar-refractivity contribution < 1.29 is 0 Å². The summed E-state index contributed by atoms with van der Waals surface area (Å²) in [5, 5.41) is 4.25. The molecule has 2 heteroatoms. The van der Waals surface area contributed by atoms with E-state index in [1.54, 1.807) is 0 Å². The van der Waals surface area contributed by atoms with Crippen LogP contribution in [0.4, 0.5) is 0 Å². The molecule has 0 aliphatic heterocycles. The number of nitrogens with one attached hydrogen (secondary N) is 1. The third-order valence-corrected chi connectivity index (χ3v) is 6.05. The molecule has 0 amide bonds. The van der Waals surface area contributed by atoms with Crippen LogP contribution in [0.5, 0.6) is 0 Å². The first-order valence-corrected chi connectivity index (χ1v) is 8.39. The topological polar surface area (TPSA) is 12.0 Å². The third-order valence-electron chi connectivity index (χ3n) is 4.52. The van der Waals surface area contributed by atoms with Crippen LogP contribution in [0.3, 0.4) is 0 Å². The SMILES string of the molecule is CNC1CCC(C(C)C)CC1Sc1ccccc1C. The van der Waals surface area contributed by atoms with Crippen LogP contribution < -0.4 is 5.32 Å². The zero-order chi connectivity index (χ0) is 13.8. The molecule has 1 aliphatic rings. The first-order chi connectivity index (χ1) is 9.11. The summed E-state index contributed by atoms with van der Waals surface area (Å²) in [5.74, 6) is 1.71. The van der Waals surface area contributed by atoms with Crippen molar-refractivity contribution in [2.45, 2.75) is 56.2 Å². The molecule has 1 aromatic carbocycles. The predicted octanol–water partition coefficient (Wildman–Crippen LogP) is 4.50. The molecule has 19 heavy (non-hydrogen) atoms. The molecule has 0 bridgehead atoms. The van der Waals surface area contributed by atoms with Gasteiger partial charge in [0.25, 0.3) is 0 Å². The van der Waals surface area contributed by atoms with E-state index in [0.29, 0.717) is 11.3 Å². The number of aryl methyl sites for hydroxylation is 1. The summed E-state index contributed by atoms with van der Waals surface area (Å²) in [6, 6.07) is 9.45. The van der Waals surface area contributed by atoms with Gasteiger partial charge in [0.1, 0.15) is 0 Å². The molecule has 0 radical (unpaired) electrons. The molecule has 3 unspecified atom stereocenters. The predicted molar refractivity (Wildman–Crippen MR) is 85.9 cm³/mol. The van der Waals surface area contributed by atoms with E-state index in [2.05, 4.69) is 69.2 Å². The van der Waals surface area contributed by atoms with Crippen molar-refractivity contribution in [2.75, 3.05) is 7.05 Å². The number of hydrogen-bond acceptors (Lipinski definition) is 2. The fourth-order valence-corrected chi connectivity index (χ4v) is 4.59. The van der Waals surface area contributed by atoms with E-state index in [9.17, 15) is 0 Å². The van der Waals surface area contributed by atoms with Crippen molar-refractivity contribution in [1.82, 2.24) is 5.32 Å². The minimum Gasteiger partial charge on any atom is -0.316 e. The van der Waals surface area contributed by atoms with E-state index >= 15 is 0 Å². The zero-order valence-electron chi connectivity index (χ0n) is 12.6. The molecule has 0 saturated heterocycles. The Morgan fingerprint density at radius 3 is 2.58 bits per heavy atom. The zero-order valence-corrected chi connectivity index (χ0v) is 13.5. The summed E-state index contributed by atoms with van der Waals surface area (Å²) < 4.78 is 0. The Morgan fingerprint density at radius 1 is 1.21 bits per heavy atom. The fourth-order valence-electron chi connectivity index (χ4n) is 3.08. The molecule has 0 aromatic heterocycles. The van der Waals surface area contributed by atoms with Crippen molar-refractivity contribution in [1.29, 1.82) is 0 Å². The second kappa shape index (κ2) is 6.81. The summed E-state index contributed by atoms with van der Waals surface area (Å²) in [4.78, 5) is 1.46. The average Bonchev–Trinajstić information content (AvgIpc) is 2.41. The van der Waals surface area contributed by atoms with Gasteiger partial charge < -0.3 is 5.32 Å². The van der Waals surface area contributed by atoms with Gasteiger partial charge in [0, 0.05) is 16.2 Å². The number of benzene rings is 1. The van der Waals surface area contributed by atoms with Gasteiger partial charge in [-0.15, -0.1) is 11.8 Å². The average molecular weight is 277 g/mol. The van der Waals surface area contributed by atoms with Crippen molar-refractivity contribution in [3.8, 4) is 0 Å². The highest BCUT2D eigenvalue weighted by Gasteiger charge is 2.31. The Balaban J connectivity index is 2.08. The van der Waals surface area contributed by atoms with Gasteiger partial charge in [0.15, 0.2) is 0 Å². The van der Waals surface area contributed by atoms with Crippen LogP contribution in [0.1, 0.15) is 38.7 Å². The van der Waals surface area contributed by atoms with Crippen LogP contribution >= 0.6 is 11.8 Å². The second-order valence-electron chi connectivity index (χ2n) is 6.13. The van der Waals surface area contributed by atoms with Crippen LogP contribution in [-0.2, 0) is 0 Å². The maximum atomic E-state index is 3.53. The highest BCUT2D eigenvalue weighted by molar-refractivity contribution is 8.00. The molecule has 1 N–H and O–H groups in total. The normalized spacial score (nSPS) is 27.7. The quantitative estimate of drug-likeness (QED) is 0.869. The number of hydrogen-bond donors (Lipinski definition) is 1. The van der Waals surface area contributed by atoms with E-state index < -0.39 is 0 Å². The molecule has 1 nitrogen and oxygen atoms in total. The molecule has 1 saturated carbocycles. The summed E-state index contributed by atoms with van der Waals surface area (Å²) in [5.41, 5.74) is 1.41. The molecule has 2 rings (SSSR count). The van der Waals surface area contributed by atoms with Gasteiger partial charge in [-0.25, -0.2) is 0 Å². The molecule has 106 valence electrons. The summed E-state index contributed by atoms with van der Waals surface area (Å²) in [6.07, 6.45) is 4.05. The molecule has 0 spiro atoms. The smallest absolute Gasteiger partial charge is 0.0251 e. The lowest BCUT2D eigenvalue weighted by Gasteiger charge is -2.37. The first kappa shape index (κ1) is 14.9. The minimum atomic E-state index is 0.666. The largest absolute Gasteiger partial charge is 0.316 e. The molecule has 3 atom stereocenters. The Hall–Kier alpha value is -0.470. The Bertz CT molecular complexity index is 402. The lowest BCUT2D eigenvalue weighted by molar-refractivity contribution is 0.251. The minimum absolute atomic E-state index is 0.666. The van der Waals surface area contributed by atoms with Crippen LogP contribution in [0.15, 0.2) is 29.2 Å². The number of thioether (sulfide) groups is 1. The van der Waals surface area contributed by atoms with Gasteiger partial charge in [-0.1, -0.05) is 32.0 Å². The Kier molecular flexibility index (Phi) is 5.35. The lowest BCUT2D eigenvalue weighted by atomic mass is 9.79. The summed E-state index contributed by atoms with van der Waals surface area (Å²) in [6.45, 7) is 6.97. The highest BCUT2D eigenvalue weighted by Crippen LogP contribution is 2.39. The van der Waals surface area contributed by atoms with Crippen LogP contribution in [-0.4, -0.2) is 18.3 Å². The van der Waals surface area contributed by atoms with Crippen molar-refractivity contribution in [3.63, 3.8) is 0 Å². The van der Waals surface area contributed by atoms with Crippen molar-refractivity contribution in [2.24, 2.45) is 11.8 Å². The second-order valence-corrected chi connectivity index (χ2v) is 7.42.